The predicted octanol–water partition coefficient (Wildman–Crippen LogP) is 2.91. The van der Waals surface area contributed by atoms with Crippen molar-refractivity contribution in [3.8, 4) is 0 Å². The fraction of sp³-hybridized carbons (Fsp3) is 0.296. The van der Waals surface area contributed by atoms with Crippen molar-refractivity contribution in [3.05, 3.63) is 84.6 Å². The quantitative estimate of drug-likeness (QED) is 0.434. The first-order valence-corrected chi connectivity index (χ1v) is 13.4. The van der Waals surface area contributed by atoms with Crippen LogP contribution in [0.25, 0.3) is 10.9 Å². The zero-order valence-corrected chi connectivity index (χ0v) is 20.8. The third kappa shape index (κ3) is 6.16. The SMILES string of the molecule is C=CC(=O)NCC1CCN(S(=O)(=O)c2ccc(C(=O)NCCc3ccc4cccnc4c3)cc2)CC1. The van der Waals surface area contributed by atoms with Crippen LogP contribution in [0, 0.1) is 5.92 Å². The number of nitrogens with one attached hydrogen (secondary N) is 2. The molecule has 2 amide bonds. The van der Waals surface area contributed by atoms with Crippen LogP contribution in [0.5, 0.6) is 0 Å². The molecule has 1 saturated heterocycles. The molecule has 0 bridgehead atoms. The van der Waals surface area contributed by atoms with Gasteiger partial charge < -0.3 is 10.6 Å². The normalized spacial score (nSPS) is 14.9. The molecule has 3 aromatic rings. The van der Waals surface area contributed by atoms with Crippen molar-refractivity contribution in [1.29, 1.82) is 0 Å². The lowest BCUT2D eigenvalue weighted by atomic mass is 9.98. The first-order valence-electron chi connectivity index (χ1n) is 12.0. The summed E-state index contributed by atoms with van der Waals surface area (Å²) in [6.45, 7) is 5.19. The number of nitrogens with zero attached hydrogens (tertiary/aromatic N) is 2. The van der Waals surface area contributed by atoms with Crippen molar-refractivity contribution in [3.63, 3.8) is 0 Å². The first kappa shape index (κ1) is 25.5. The molecule has 1 fully saturated rings. The number of aromatic nitrogens is 1. The average molecular weight is 507 g/mol. The monoisotopic (exact) mass is 506 g/mol. The van der Waals surface area contributed by atoms with Gasteiger partial charge in [0.15, 0.2) is 0 Å². The minimum atomic E-state index is -3.64. The summed E-state index contributed by atoms with van der Waals surface area (Å²) in [5.74, 6) is -0.238. The van der Waals surface area contributed by atoms with Gasteiger partial charge in [0, 0.05) is 43.3 Å². The van der Waals surface area contributed by atoms with Crippen LogP contribution in [-0.2, 0) is 21.2 Å². The van der Waals surface area contributed by atoms with Gasteiger partial charge in [0.1, 0.15) is 0 Å². The lowest BCUT2D eigenvalue weighted by molar-refractivity contribution is -0.116. The fourth-order valence-corrected chi connectivity index (χ4v) is 5.76. The molecule has 36 heavy (non-hydrogen) atoms. The molecule has 2 N–H and O–H groups in total. The highest BCUT2D eigenvalue weighted by molar-refractivity contribution is 7.89. The largest absolute Gasteiger partial charge is 0.352 e. The standard InChI is InChI=1S/C27H30N4O4S/c1-2-26(32)30-19-21-12-16-31(17-13-21)36(34,35)24-9-7-23(8-10-24)27(33)29-15-11-20-5-6-22-4-3-14-28-25(22)18-20/h2-10,14,18,21H,1,11-13,15-17,19H2,(H,29,33)(H,30,32). The van der Waals surface area contributed by atoms with Crippen molar-refractivity contribution in [1.82, 2.24) is 19.9 Å². The highest BCUT2D eigenvalue weighted by Crippen LogP contribution is 2.24. The van der Waals surface area contributed by atoms with Gasteiger partial charge in [-0.2, -0.15) is 4.31 Å². The van der Waals surface area contributed by atoms with Gasteiger partial charge in [-0.1, -0.05) is 24.8 Å². The van der Waals surface area contributed by atoms with Crippen molar-refractivity contribution in [2.75, 3.05) is 26.2 Å². The molecule has 2 aromatic carbocycles. The molecule has 1 aromatic heterocycles. The average Bonchev–Trinajstić information content (AvgIpc) is 2.91. The van der Waals surface area contributed by atoms with E-state index in [1.54, 1.807) is 18.3 Å². The number of pyridine rings is 1. The predicted molar refractivity (Wildman–Crippen MR) is 139 cm³/mol. The van der Waals surface area contributed by atoms with Crippen LogP contribution in [0.4, 0.5) is 0 Å². The molecule has 0 saturated carbocycles. The Morgan fingerprint density at radius 1 is 1.06 bits per heavy atom. The lowest BCUT2D eigenvalue weighted by Gasteiger charge is -2.31. The Morgan fingerprint density at radius 2 is 1.81 bits per heavy atom. The van der Waals surface area contributed by atoms with Gasteiger partial charge >= 0.3 is 0 Å². The Labute approximate surface area is 211 Å². The second kappa shape index (κ2) is 11.5. The van der Waals surface area contributed by atoms with Crippen LogP contribution in [0.1, 0.15) is 28.8 Å². The summed E-state index contributed by atoms with van der Waals surface area (Å²) in [7, 11) is -3.64. The van der Waals surface area contributed by atoms with Crippen LogP contribution in [0.3, 0.4) is 0 Å². The van der Waals surface area contributed by atoms with Crippen molar-refractivity contribution < 1.29 is 18.0 Å². The molecule has 0 unspecified atom stereocenters. The van der Waals surface area contributed by atoms with Crippen molar-refractivity contribution >= 4 is 32.7 Å². The highest BCUT2D eigenvalue weighted by Gasteiger charge is 2.29. The summed E-state index contributed by atoms with van der Waals surface area (Å²) in [6.07, 6.45) is 4.99. The number of piperidine rings is 1. The van der Waals surface area contributed by atoms with Gasteiger partial charge in [0.2, 0.25) is 15.9 Å². The number of fused-ring (bicyclic) bond motifs is 1. The van der Waals surface area contributed by atoms with Gasteiger partial charge in [-0.25, -0.2) is 8.42 Å². The summed E-state index contributed by atoms with van der Waals surface area (Å²) in [4.78, 5) is 28.4. The van der Waals surface area contributed by atoms with E-state index in [1.807, 2.05) is 30.3 Å². The highest BCUT2D eigenvalue weighted by atomic mass is 32.2. The number of sulfonamides is 1. The second-order valence-corrected chi connectivity index (χ2v) is 10.8. The summed E-state index contributed by atoms with van der Waals surface area (Å²) in [5.41, 5.74) is 2.41. The number of hydrogen-bond donors (Lipinski definition) is 2. The molecular formula is C27H30N4O4S. The summed E-state index contributed by atoms with van der Waals surface area (Å²) < 4.78 is 27.6. The maximum atomic E-state index is 13.0. The van der Waals surface area contributed by atoms with E-state index in [2.05, 4.69) is 22.2 Å². The molecule has 2 heterocycles. The Morgan fingerprint density at radius 3 is 2.53 bits per heavy atom. The van der Waals surface area contributed by atoms with Gasteiger partial charge in [0.05, 0.1) is 10.4 Å². The number of rotatable bonds is 9. The van der Waals surface area contributed by atoms with E-state index in [4.69, 9.17) is 0 Å². The van der Waals surface area contributed by atoms with Crippen molar-refractivity contribution in [2.24, 2.45) is 5.92 Å². The van der Waals surface area contributed by atoms with Gasteiger partial charge in [-0.3, -0.25) is 14.6 Å². The summed E-state index contributed by atoms with van der Waals surface area (Å²) >= 11 is 0. The number of amides is 2. The minimum Gasteiger partial charge on any atom is -0.352 e. The Bertz CT molecular complexity index is 1350. The molecule has 0 radical (unpaired) electrons. The molecule has 1 aliphatic rings. The smallest absolute Gasteiger partial charge is 0.251 e. The zero-order valence-electron chi connectivity index (χ0n) is 20.0. The van der Waals surface area contributed by atoms with E-state index >= 15 is 0 Å². The van der Waals surface area contributed by atoms with E-state index in [-0.39, 0.29) is 22.6 Å². The summed E-state index contributed by atoms with van der Waals surface area (Å²) in [5, 5.41) is 6.73. The zero-order chi connectivity index (χ0) is 25.5. The Balaban J connectivity index is 1.28. The topological polar surface area (TPSA) is 108 Å². The van der Waals surface area contributed by atoms with E-state index in [1.165, 1.54) is 22.5 Å². The van der Waals surface area contributed by atoms with Gasteiger partial charge in [-0.05, 0) is 73.2 Å². The first-order chi connectivity index (χ1) is 17.4. The molecule has 8 nitrogen and oxygen atoms in total. The van der Waals surface area contributed by atoms with Crippen LogP contribution in [0.2, 0.25) is 0 Å². The van der Waals surface area contributed by atoms with E-state index in [9.17, 15) is 18.0 Å². The Kier molecular flexibility index (Phi) is 8.12. The molecule has 188 valence electrons. The third-order valence-corrected chi connectivity index (χ3v) is 8.36. The number of hydrogen-bond acceptors (Lipinski definition) is 5. The van der Waals surface area contributed by atoms with Crippen LogP contribution in [-0.4, -0.2) is 55.7 Å². The van der Waals surface area contributed by atoms with Gasteiger partial charge in [0.25, 0.3) is 5.91 Å². The Hall–Kier alpha value is -3.56. The number of carbonyl (C=O) groups excluding carboxylic acids is 2. The molecule has 0 spiro atoms. The third-order valence-electron chi connectivity index (χ3n) is 6.45. The van der Waals surface area contributed by atoms with E-state index in [0.717, 1.165) is 16.5 Å². The second-order valence-electron chi connectivity index (χ2n) is 8.86. The van der Waals surface area contributed by atoms with Gasteiger partial charge in [-0.15, -0.1) is 0 Å². The number of benzene rings is 2. The van der Waals surface area contributed by atoms with Crippen molar-refractivity contribution in [2.45, 2.75) is 24.2 Å². The van der Waals surface area contributed by atoms with Crippen LogP contribution in [0.15, 0.2) is 78.3 Å². The van der Waals surface area contributed by atoms with Crippen LogP contribution < -0.4 is 10.6 Å². The molecule has 0 aliphatic carbocycles. The summed E-state index contributed by atoms with van der Waals surface area (Å²) in [6, 6.07) is 16.0. The number of carbonyl (C=O) groups is 2. The van der Waals surface area contributed by atoms with Crippen LogP contribution >= 0.6 is 0 Å². The minimum absolute atomic E-state index is 0.168. The molecule has 9 heteroatoms. The van der Waals surface area contributed by atoms with E-state index in [0.29, 0.717) is 51.0 Å². The maximum absolute atomic E-state index is 13.0. The molecule has 4 rings (SSSR count). The molecular weight excluding hydrogens is 476 g/mol. The lowest BCUT2D eigenvalue weighted by Crippen LogP contribution is -2.41. The van der Waals surface area contributed by atoms with E-state index < -0.39 is 10.0 Å². The fourth-order valence-electron chi connectivity index (χ4n) is 4.29. The molecule has 1 aliphatic heterocycles. The maximum Gasteiger partial charge on any atom is 0.251 e. The molecule has 0 atom stereocenters.